The Hall–Kier alpha value is -0.0300. The zero-order chi connectivity index (χ0) is 9.78. The summed E-state index contributed by atoms with van der Waals surface area (Å²) < 4.78 is 5.08. The van der Waals surface area contributed by atoms with Crippen molar-refractivity contribution in [3.63, 3.8) is 0 Å². The Morgan fingerprint density at radius 1 is 1.38 bits per heavy atom. The number of aliphatic hydroxyl groups is 1. The molecule has 0 aromatic carbocycles. The van der Waals surface area contributed by atoms with E-state index in [1.54, 1.807) is 0 Å². The van der Waals surface area contributed by atoms with E-state index in [9.17, 15) is 0 Å². The molecule has 3 nitrogen and oxygen atoms in total. The van der Waals surface area contributed by atoms with Gasteiger partial charge in [0.05, 0.1) is 19.8 Å². The molecule has 0 amide bonds. The zero-order valence-electron chi connectivity index (χ0n) is 8.00. The van der Waals surface area contributed by atoms with Crippen molar-refractivity contribution in [1.82, 2.24) is 5.32 Å². The molecule has 0 unspecified atom stereocenters. The minimum Gasteiger partial charge on any atom is -0.394 e. The number of rotatable bonds is 10. The summed E-state index contributed by atoms with van der Waals surface area (Å²) >= 11 is 1.86. The second kappa shape index (κ2) is 12.0. The van der Waals surface area contributed by atoms with Crippen LogP contribution in [0.1, 0.15) is 0 Å². The summed E-state index contributed by atoms with van der Waals surface area (Å²) in [7, 11) is 0. The van der Waals surface area contributed by atoms with Crippen molar-refractivity contribution in [3.8, 4) is 0 Å². The van der Waals surface area contributed by atoms with Crippen LogP contribution in [0.3, 0.4) is 0 Å². The van der Waals surface area contributed by atoms with E-state index in [4.69, 9.17) is 9.84 Å². The molecule has 0 heterocycles. The quantitative estimate of drug-likeness (QED) is 0.403. The van der Waals surface area contributed by atoms with Gasteiger partial charge in [-0.1, -0.05) is 6.08 Å². The largest absolute Gasteiger partial charge is 0.394 e. The van der Waals surface area contributed by atoms with Crippen LogP contribution < -0.4 is 5.32 Å². The average Bonchev–Trinajstić information content (AvgIpc) is 2.16. The lowest BCUT2D eigenvalue weighted by Gasteiger charge is -2.04. The standard InChI is InChI=1S/C9H19NO2S/c1-2-8-13-9-4-10-3-6-12-7-5-11/h2,10-11H,1,3-9H2. The number of nitrogens with one attached hydrogen (secondary N) is 1. The SMILES string of the molecule is C=CCSCCNCCOCCO. The fourth-order valence-electron chi connectivity index (χ4n) is 0.747. The first-order chi connectivity index (χ1) is 6.41. The topological polar surface area (TPSA) is 41.5 Å². The Bertz CT molecular complexity index is 112. The molecule has 0 aromatic heterocycles. The van der Waals surface area contributed by atoms with E-state index in [0.29, 0.717) is 13.2 Å². The van der Waals surface area contributed by atoms with E-state index in [1.807, 2.05) is 17.8 Å². The zero-order valence-corrected chi connectivity index (χ0v) is 8.81. The first kappa shape index (κ1) is 13.0. The highest BCUT2D eigenvalue weighted by Crippen LogP contribution is 1.96. The first-order valence-electron chi connectivity index (χ1n) is 4.49. The van der Waals surface area contributed by atoms with Gasteiger partial charge in [-0.3, -0.25) is 0 Å². The Balaban J connectivity index is 2.79. The van der Waals surface area contributed by atoms with Crippen LogP contribution >= 0.6 is 11.8 Å². The van der Waals surface area contributed by atoms with Crippen LogP contribution in [0.25, 0.3) is 0 Å². The Kier molecular flexibility index (Phi) is 11.9. The first-order valence-corrected chi connectivity index (χ1v) is 5.65. The molecule has 0 saturated carbocycles. The van der Waals surface area contributed by atoms with Crippen LogP contribution in [0, 0.1) is 0 Å². The van der Waals surface area contributed by atoms with Gasteiger partial charge in [0.2, 0.25) is 0 Å². The highest BCUT2D eigenvalue weighted by molar-refractivity contribution is 7.99. The predicted molar refractivity (Wildman–Crippen MR) is 58.3 cm³/mol. The summed E-state index contributed by atoms with van der Waals surface area (Å²) in [5.41, 5.74) is 0. The molecule has 0 spiro atoms. The second-order valence-corrected chi connectivity index (χ2v) is 3.60. The average molecular weight is 205 g/mol. The number of hydrogen-bond acceptors (Lipinski definition) is 4. The van der Waals surface area contributed by atoms with Gasteiger partial charge in [-0.15, -0.1) is 6.58 Å². The maximum Gasteiger partial charge on any atom is 0.0698 e. The van der Waals surface area contributed by atoms with Crippen LogP contribution in [0.2, 0.25) is 0 Å². The number of hydrogen-bond donors (Lipinski definition) is 2. The monoisotopic (exact) mass is 205 g/mol. The molecule has 2 N–H and O–H groups in total. The van der Waals surface area contributed by atoms with Crippen LogP contribution in [0.15, 0.2) is 12.7 Å². The summed E-state index contributed by atoms with van der Waals surface area (Å²) in [6.45, 7) is 6.72. The second-order valence-electron chi connectivity index (χ2n) is 2.45. The Labute approximate surface area is 84.5 Å². The smallest absolute Gasteiger partial charge is 0.0698 e. The number of ether oxygens (including phenoxy) is 1. The minimum atomic E-state index is 0.106. The minimum absolute atomic E-state index is 0.106. The van der Waals surface area contributed by atoms with Gasteiger partial charge in [-0.25, -0.2) is 0 Å². The van der Waals surface area contributed by atoms with Crippen LogP contribution in [0.4, 0.5) is 0 Å². The van der Waals surface area contributed by atoms with Gasteiger partial charge < -0.3 is 15.2 Å². The van der Waals surface area contributed by atoms with Gasteiger partial charge >= 0.3 is 0 Å². The van der Waals surface area contributed by atoms with Gasteiger partial charge in [0.15, 0.2) is 0 Å². The maximum absolute atomic E-state index is 8.41. The molecule has 0 bridgehead atoms. The molecule has 0 radical (unpaired) electrons. The summed E-state index contributed by atoms with van der Waals surface area (Å²) in [4.78, 5) is 0. The van der Waals surface area contributed by atoms with Crippen molar-refractivity contribution in [3.05, 3.63) is 12.7 Å². The number of aliphatic hydroxyl groups excluding tert-OH is 1. The third-order valence-corrected chi connectivity index (χ3v) is 2.28. The van der Waals surface area contributed by atoms with Gasteiger partial charge in [0.1, 0.15) is 0 Å². The molecule has 78 valence electrons. The Morgan fingerprint density at radius 2 is 2.23 bits per heavy atom. The van der Waals surface area contributed by atoms with E-state index in [-0.39, 0.29) is 6.61 Å². The van der Waals surface area contributed by atoms with E-state index in [0.717, 1.165) is 24.6 Å². The van der Waals surface area contributed by atoms with Gasteiger partial charge in [-0.05, 0) is 0 Å². The molecule has 0 aliphatic heterocycles. The molecule has 0 atom stereocenters. The number of thioether (sulfide) groups is 1. The highest BCUT2D eigenvalue weighted by Gasteiger charge is 1.88. The molecule has 4 heteroatoms. The summed E-state index contributed by atoms with van der Waals surface area (Å²) in [5.74, 6) is 2.12. The third kappa shape index (κ3) is 12.0. The lowest BCUT2D eigenvalue weighted by atomic mass is 10.6. The highest BCUT2D eigenvalue weighted by atomic mass is 32.2. The van der Waals surface area contributed by atoms with E-state index < -0.39 is 0 Å². The van der Waals surface area contributed by atoms with Gasteiger partial charge in [-0.2, -0.15) is 11.8 Å². The van der Waals surface area contributed by atoms with Crippen LogP contribution in [-0.2, 0) is 4.74 Å². The molecule has 0 aliphatic rings. The Morgan fingerprint density at radius 3 is 2.92 bits per heavy atom. The van der Waals surface area contributed by atoms with Crippen LogP contribution in [0.5, 0.6) is 0 Å². The molecular weight excluding hydrogens is 186 g/mol. The van der Waals surface area contributed by atoms with E-state index in [1.165, 1.54) is 0 Å². The van der Waals surface area contributed by atoms with Crippen molar-refractivity contribution in [2.75, 3.05) is 44.4 Å². The van der Waals surface area contributed by atoms with Gasteiger partial charge in [0.25, 0.3) is 0 Å². The third-order valence-electron chi connectivity index (χ3n) is 1.32. The molecule has 0 aromatic rings. The molecule has 0 fully saturated rings. The molecule has 0 saturated heterocycles. The summed E-state index contributed by atoms with van der Waals surface area (Å²) in [6, 6.07) is 0. The van der Waals surface area contributed by atoms with Crippen molar-refractivity contribution in [2.24, 2.45) is 0 Å². The maximum atomic E-state index is 8.41. The van der Waals surface area contributed by atoms with Crippen LogP contribution in [-0.4, -0.2) is 49.5 Å². The van der Waals surface area contributed by atoms with E-state index >= 15 is 0 Å². The van der Waals surface area contributed by atoms with E-state index in [2.05, 4.69) is 11.9 Å². The fraction of sp³-hybridized carbons (Fsp3) is 0.778. The normalized spacial score (nSPS) is 10.2. The summed E-state index contributed by atoms with van der Waals surface area (Å²) in [6.07, 6.45) is 1.91. The lowest BCUT2D eigenvalue weighted by Crippen LogP contribution is -2.22. The predicted octanol–water partition coefficient (Wildman–Crippen LogP) is 0.504. The molecular formula is C9H19NO2S. The molecule has 0 rings (SSSR count). The van der Waals surface area contributed by atoms with Gasteiger partial charge in [0, 0.05) is 24.6 Å². The molecule has 13 heavy (non-hydrogen) atoms. The lowest BCUT2D eigenvalue weighted by molar-refractivity contribution is 0.0942. The fourth-order valence-corrected chi connectivity index (χ4v) is 1.37. The van der Waals surface area contributed by atoms with Crippen molar-refractivity contribution >= 4 is 11.8 Å². The van der Waals surface area contributed by atoms with Crippen molar-refractivity contribution in [2.45, 2.75) is 0 Å². The summed E-state index contributed by atoms with van der Waals surface area (Å²) in [5, 5.41) is 11.6. The molecule has 0 aliphatic carbocycles. The van der Waals surface area contributed by atoms with Crippen molar-refractivity contribution < 1.29 is 9.84 Å². The van der Waals surface area contributed by atoms with Crippen molar-refractivity contribution in [1.29, 1.82) is 0 Å².